The molecule has 2 N–H and O–H groups in total. The number of likely N-dealkylation sites (tertiary alicyclic amines) is 1. The molecule has 1 saturated carbocycles. The van der Waals surface area contributed by atoms with Crippen LogP contribution in [0, 0.1) is 0 Å². The van der Waals surface area contributed by atoms with Crippen molar-refractivity contribution in [3.63, 3.8) is 0 Å². The summed E-state index contributed by atoms with van der Waals surface area (Å²) in [4.78, 5) is 39.3. The molecule has 0 bridgehead atoms. The highest BCUT2D eigenvalue weighted by Gasteiger charge is 2.36. The lowest BCUT2D eigenvalue weighted by Gasteiger charge is -2.46. The fraction of sp³-hybridized carbons (Fsp3) is 0.423. The lowest BCUT2D eigenvalue weighted by molar-refractivity contribution is -0.137. The summed E-state index contributed by atoms with van der Waals surface area (Å²) in [6.07, 6.45) is -1.04. The minimum atomic E-state index is -4.55. The van der Waals surface area contributed by atoms with Crippen LogP contribution < -0.4 is 16.2 Å². The third kappa shape index (κ3) is 5.41. The van der Waals surface area contributed by atoms with Gasteiger partial charge in [-0.05, 0) is 56.0 Å². The van der Waals surface area contributed by atoms with Crippen LogP contribution in [0.15, 0.2) is 57.8 Å². The number of rotatable bonds is 6. The largest absolute Gasteiger partial charge is 0.416 e. The molecule has 0 atom stereocenters. The third-order valence-corrected chi connectivity index (χ3v) is 7.17. The number of para-hydroxylation sites is 1. The average Bonchev–Trinajstić information content (AvgIpc) is 3.20. The molecule has 196 valence electrons. The summed E-state index contributed by atoms with van der Waals surface area (Å²) in [5.74, 6) is -1.13. The maximum absolute atomic E-state index is 12.8. The maximum atomic E-state index is 12.8. The minimum absolute atomic E-state index is 0.0355. The first-order valence-corrected chi connectivity index (χ1v) is 12.3. The van der Waals surface area contributed by atoms with Crippen molar-refractivity contribution < 1.29 is 27.3 Å². The summed E-state index contributed by atoms with van der Waals surface area (Å²) < 4.78 is 45.8. The number of fused-ring (bicyclic) bond motifs is 1. The highest BCUT2D eigenvalue weighted by Crippen LogP contribution is 2.33. The quantitative estimate of drug-likeness (QED) is 0.524. The molecule has 2 amide bonds. The van der Waals surface area contributed by atoms with E-state index in [0.717, 1.165) is 43.9 Å². The fourth-order valence-electron chi connectivity index (χ4n) is 5.17. The van der Waals surface area contributed by atoms with E-state index in [1.54, 1.807) is 12.1 Å². The molecule has 1 saturated heterocycles. The molecule has 2 heterocycles. The van der Waals surface area contributed by atoms with Gasteiger partial charge in [0.1, 0.15) is 0 Å². The molecular formula is C26H27F3N4O4. The summed E-state index contributed by atoms with van der Waals surface area (Å²) in [6, 6.07) is 11.7. The number of benzene rings is 2. The van der Waals surface area contributed by atoms with E-state index in [1.165, 1.54) is 10.8 Å². The molecule has 0 unspecified atom stereocenters. The van der Waals surface area contributed by atoms with E-state index in [-0.39, 0.29) is 29.8 Å². The van der Waals surface area contributed by atoms with Gasteiger partial charge in [-0.2, -0.15) is 17.9 Å². The van der Waals surface area contributed by atoms with Gasteiger partial charge in [-0.1, -0.05) is 18.2 Å². The van der Waals surface area contributed by atoms with Crippen LogP contribution >= 0.6 is 0 Å². The highest BCUT2D eigenvalue weighted by atomic mass is 19.4. The molecule has 2 aromatic carbocycles. The number of carbonyl (C=O) groups excluding carboxylic acids is 2. The van der Waals surface area contributed by atoms with Crippen molar-refractivity contribution in [3.8, 4) is 0 Å². The number of halogens is 3. The van der Waals surface area contributed by atoms with Crippen LogP contribution in [0.25, 0.3) is 11.0 Å². The SMILES string of the molecule is O=C(CNC(=O)c1cccc(C(F)(F)F)c1)NC1CN(C2CCC(n3oc4ccccc4c3=O)CC2)C1. The molecule has 0 radical (unpaired) electrons. The van der Waals surface area contributed by atoms with Gasteiger partial charge in [-0.3, -0.25) is 19.3 Å². The molecule has 1 aromatic heterocycles. The van der Waals surface area contributed by atoms with Gasteiger partial charge < -0.3 is 15.2 Å². The molecule has 2 fully saturated rings. The molecule has 1 aliphatic heterocycles. The number of hydrogen-bond donors (Lipinski definition) is 2. The Labute approximate surface area is 210 Å². The third-order valence-electron chi connectivity index (χ3n) is 7.17. The minimum Gasteiger partial charge on any atom is -0.375 e. The first-order valence-electron chi connectivity index (χ1n) is 12.3. The van der Waals surface area contributed by atoms with Crippen molar-refractivity contribution in [2.45, 2.75) is 50.0 Å². The predicted molar refractivity (Wildman–Crippen MR) is 129 cm³/mol. The monoisotopic (exact) mass is 516 g/mol. The first-order chi connectivity index (χ1) is 17.7. The number of amides is 2. The zero-order valence-corrected chi connectivity index (χ0v) is 20.0. The Balaban J connectivity index is 1.04. The summed E-state index contributed by atoms with van der Waals surface area (Å²) in [5.41, 5.74) is -0.566. The standard InChI is InChI=1S/C26H27F3N4O4/c27-26(28,29)17-5-3-4-16(12-17)24(35)30-13-23(34)31-18-14-32(15-18)19-8-10-20(11-9-19)33-25(36)21-6-1-2-7-22(21)37-33/h1-7,12,18-20H,8-11,13-15H2,(H,30,35)(H,31,34). The van der Waals surface area contributed by atoms with Crippen LogP contribution in [-0.4, -0.2) is 53.2 Å². The van der Waals surface area contributed by atoms with Crippen LogP contribution in [0.1, 0.15) is 47.6 Å². The van der Waals surface area contributed by atoms with Crippen molar-refractivity contribution in [2.75, 3.05) is 19.6 Å². The predicted octanol–water partition coefficient (Wildman–Crippen LogP) is 3.33. The number of alkyl halides is 3. The van der Waals surface area contributed by atoms with Crippen LogP contribution in [-0.2, 0) is 11.0 Å². The van der Waals surface area contributed by atoms with Crippen molar-refractivity contribution in [3.05, 3.63) is 70.0 Å². The van der Waals surface area contributed by atoms with Gasteiger partial charge in [0, 0.05) is 24.7 Å². The molecular weight excluding hydrogens is 489 g/mol. The van der Waals surface area contributed by atoms with E-state index >= 15 is 0 Å². The maximum Gasteiger partial charge on any atom is 0.416 e. The van der Waals surface area contributed by atoms with Crippen molar-refractivity contribution >= 4 is 22.8 Å². The van der Waals surface area contributed by atoms with Crippen molar-refractivity contribution in [1.29, 1.82) is 0 Å². The number of carbonyl (C=O) groups is 2. The lowest BCUT2D eigenvalue weighted by atomic mass is 9.88. The highest BCUT2D eigenvalue weighted by molar-refractivity contribution is 5.96. The van der Waals surface area contributed by atoms with Crippen LogP contribution in [0.3, 0.4) is 0 Å². The van der Waals surface area contributed by atoms with Gasteiger partial charge in [0.25, 0.3) is 11.5 Å². The van der Waals surface area contributed by atoms with E-state index in [2.05, 4.69) is 15.5 Å². The molecule has 11 heteroatoms. The molecule has 1 aliphatic carbocycles. The average molecular weight is 517 g/mol. The zero-order valence-electron chi connectivity index (χ0n) is 20.0. The summed E-state index contributed by atoms with van der Waals surface area (Å²) in [5, 5.41) is 5.81. The molecule has 8 nitrogen and oxygen atoms in total. The van der Waals surface area contributed by atoms with Gasteiger partial charge in [-0.25, -0.2) is 0 Å². The first kappa shape index (κ1) is 25.1. The van der Waals surface area contributed by atoms with Crippen LogP contribution in [0.2, 0.25) is 0 Å². The van der Waals surface area contributed by atoms with Gasteiger partial charge in [0.15, 0.2) is 5.58 Å². The van der Waals surface area contributed by atoms with Crippen LogP contribution in [0.5, 0.6) is 0 Å². The molecule has 3 aromatic rings. The number of nitrogens with one attached hydrogen (secondary N) is 2. The van der Waals surface area contributed by atoms with Crippen LogP contribution in [0.4, 0.5) is 13.2 Å². The number of aromatic nitrogens is 1. The van der Waals surface area contributed by atoms with Gasteiger partial charge >= 0.3 is 6.18 Å². The topological polar surface area (TPSA) is 96.6 Å². The second-order valence-corrected chi connectivity index (χ2v) is 9.66. The Morgan fingerprint density at radius 2 is 1.68 bits per heavy atom. The second kappa shape index (κ2) is 10.0. The summed E-state index contributed by atoms with van der Waals surface area (Å²) in [6.45, 7) is 1.06. The zero-order chi connectivity index (χ0) is 26.2. The van der Waals surface area contributed by atoms with E-state index in [4.69, 9.17) is 4.52 Å². The normalized spacial score (nSPS) is 20.9. The molecule has 0 spiro atoms. The second-order valence-electron chi connectivity index (χ2n) is 9.66. The van der Waals surface area contributed by atoms with Crippen molar-refractivity contribution in [1.82, 2.24) is 20.3 Å². The van der Waals surface area contributed by atoms with Gasteiger partial charge in [-0.15, -0.1) is 0 Å². The number of hydrogen-bond acceptors (Lipinski definition) is 5. The Bertz CT molecular complexity index is 1350. The fourth-order valence-corrected chi connectivity index (χ4v) is 5.17. The Morgan fingerprint density at radius 3 is 2.38 bits per heavy atom. The van der Waals surface area contributed by atoms with E-state index in [0.29, 0.717) is 30.1 Å². The Kier molecular flexibility index (Phi) is 6.80. The lowest BCUT2D eigenvalue weighted by Crippen LogP contribution is -2.63. The smallest absolute Gasteiger partial charge is 0.375 e. The number of nitrogens with zero attached hydrogens (tertiary/aromatic N) is 2. The summed E-state index contributed by atoms with van der Waals surface area (Å²) in [7, 11) is 0. The van der Waals surface area contributed by atoms with Crippen molar-refractivity contribution in [2.24, 2.45) is 0 Å². The Morgan fingerprint density at radius 1 is 0.973 bits per heavy atom. The molecule has 5 rings (SSSR count). The molecule has 37 heavy (non-hydrogen) atoms. The van der Waals surface area contributed by atoms with E-state index < -0.39 is 23.6 Å². The Hall–Kier alpha value is -3.60. The van der Waals surface area contributed by atoms with E-state index in [1.807, 2.05) is 12.1 Å². The summed E-state index contributed by atoms with van der Waals surface area (Å²) >= 11 is 0. The van der Waals surface area contributed by atoms with Gasteiger partial charge in [0.05, 0.1) is 29.6 Å². The van der Waals surface area contributed by atoms with Gasteiger partial charge in [0.2, 0.25) is 5.91 Å². The van der Waals surface area contributed by atoms with E-state index in [9.17, 15) is 27.6 Å². The molecule has 2 aliphatic rings.